The van der Waals surface area contributed by atoms with Crippen LogP contribution in [0.15, 0.2) is 18.2 Å². The number of ether oxygens (including phenoxy) is 5. The van der Waals surface area contributed by atoms with E-state index in [1.54, 1.807) is 33.0 Å². The van der Waals surface area contributed by atoms with Crippen LogP contribution in [0.4, 0.5) is 4.79 Å². The smallest absolute Gasteiger partial charge is 0.411 e. The Morgan fingerprint density at radius 3 is 2.29 bits per heavy atom. The molecule has 0 aliphatic carbocycles. The number of hydrogen-bond acceptors (Lipinski definition) is 8. The van der Waals surface area contributed by atoms with Gasteiger partial charge < -0.3 is 34.7 Å². The molecular formula is C37H63N3O8. The molecule has 0 saturated carbocycles. The highest BCUT2D eigenvalue weighted by Gasteiger charge is 2.43. The van der Waals surface area contributed by atoms with Gasteiger partial charge in [0.2, 0.25) is 11.8 Å². The maximum absolute atomic E-state index is 13.5. The fraction of sp³-hybridized carbons (Fsp3) is 0.757. The average molecular weight is 678 g/mol. The number of nitrogens with one attached hydrogen (secondary N) is 1. The van der Waals surface area contributed by atoms with Crippen molar-refractivity contribution in [3.63, 3.8) is 0 Å². The van der Waals surface area contributed by atoms with Crippen molar-refractivity contribution in [1.29, 1.82) is 0 Å². The van der Waals surface area contributed by atoms with Crippen molar-refractivity contribution in [3.8, 4) is 11.5 Å². The van der Waals surface area contributed by atoms with Crippen molar-refractivity contribution in [3.05, 3.63) is 23.8 Å². The minimum absolute atomic E-state index is 0.000452. The highest BCUT2D eigenvalue weighted by Crippen LogP contribution is 2.36. The number of nitrogens with zero attached hydrogens (tertiary/aromatic N) is 1. The summed E-state index contributed by atoms with van der Waals surface area (Å²) < 4.78 is 28.8. The summed E-state index contributed by atoms with van der Waals surface area (Å²) in [5.41, 5.74) is 5.77. The predicted molar refractivity (Wildman–Crippen MR) is 187 cm³/mol. The number of amides is 3. The van der Waals surface area contributed by atoms with Crippen LogP contribution < -0.4 is 20.5 Å². The maximum Gasteiger partial charge on any atom is 0.411 e. The van der Waals surface area contributed by atoms with E-state index in [0.717, 1.165) is 24.8 Å². The minimum Gasteiger partial charge on any atom is -0.493 e. The van der Waals surface area contributed by atoms with Crippen molar-refractivity contribution in [2.24, 2.45) is 40.7 Å². The van der Waals surface area contributed by atoms with Crippen LogP contribution in [-0.2, 0) is 30.2 Å². The molecular weight excluding hydrogens is 614 g/mol. The Morgan fingerprint density at radius 1 is 1.00 bits per heavy atom. The number of methoxy groups -OCH3 is 2. The van der Waals surface area contributed by atoms with Gasteiger partial charge in [0.15, 0.2) is 11.5 Å². The summed E-state index contributed by atoms with van der Waals surface area (Å²) in [4.78, 5) is 40.5. The van der Waals surface area contributed by atoms with Crippen LogP contribution in [0, 0.1) is 35.0 Å². The molecule has 1 saturated heterocycles. The van der Waals surface area contributed by atoms with Crippen LogP contribution in [0.1, 0.15) is 86.6 Å². The van der Waals surface area contributed by atoms with Crippen molar-refractivity contribution in [1.82, 2.24) is 10.2 Å². The van der Waals surface area contributed by atoms with Gasteiger partial charge in [-0.3, -0.25) is 14.5 Å². The van der Waals surface area contributed by atoms with Crippen molar-refractivity contribution >= 4 is 17.9 Å². The molecule has 4 atom stereocenters. The van der Waals surface area contributed by atoms with E-state index in [4.69, 9.17) is 29.4 Å². The van der Waals surface area contributed by atoms with E-state index in [1.807, 2.05) is 26.0 Å². The zero-order valence-electron chi connectivity index (χ0n) is 31.1. The van der Waals surface area contributed by atoms with Gasteiger partial charge in [-0.15, -0.1) is 0 Å². The highest BCUT2D eigenvalue weighted by molar-refractivity contribution is 5.83. The molecule has 0 bridgehead atoms. The SMILES string of the molecule is COCCCOc1cc(C[C@H](C[C@H]2[C@H](C[C@H](C(=O)NCC(C)(C)C(N)=O)C(C)C)OCN2C(=O)OCCC(C)C)C(C)C)ccc1OC. The maximum atomic E-state index is 13.5. The predicted octanol–water partition coefficient (Wildman–Crippen LogP) is 5.81. The third-order valence-electron chi connectivity index (χ3n) is 9.38. The lowest BCUT2D eigenvalue weighted by Crippen LogP contribution is -2.46. The van der Waals surface area contributed by atoms with Crippen LogP contribution in [-0.4, -0.2) is 82.3 Å². The molecule has 1 heterocycles. The number of primary amides is 1. The Balaban J connectivity index is 2.33. The molecule has 1 fully saturated rings. The molecule has 0 radical (unpaired) electrons. The summed E-state index contributed by atoms with van der Waals surface area (Å²) in [5, 5.41) is 2.95. The molecule has 1 aliphatic heterocycles. The molecule has 1 aliphatic rings. The second kappa shape index (κ2) is 19.8. The molecule has 0 aromatic heterocycles. The summed E-state index contributed by atoms with van der Waals surface area (Å²) >= 11 is 0. The van der Waals surface area contributed by atoms with Crippen LogP contribution in [0.2, 0.25) is 0 Å². The third kappa shape index (κ3) is 12.8. The fourth-order valence-corrected chi connectivity index (χ4v) is 5.75. The number of hydrogen-bond donors (Lipinski definition) is 2. The summed E-state index contributed by atoms with van der Waals surface area (Å²) in [7, 11) is 3.30. The first-order valence-electron chi connectivity index (χ1n) is 17.5. The van der Waals surface area contributed by atoms with Gasteiger partial charge in [0.1, 0.15) is 6.73 Å². The first-order chi connectivity index (χ1) is 22.6. The van der Waals surface area contributed by atoms with E-state index in [0.29, 0.717) is 56.0 Å². The van der Waals surface area contributed by atoms with E-state index >= 15 is 0 Å². The molecule has 274 valence electrons. The molecule has 1 aromatic carbocycles. The Labute approximate surface area is 288 Å². The lowest BCUT2D eigenvalue weighted by Gasteiger charge is -2.33. The molecule has 11 nitrogen and oxygen atoms in total. The molecule has 0 unspecified atom stereocenters. The van der Waals surface area contributed by atoms with Gasteiger partial charge in [0.05, 0.1) is 37.9 Å². The summed E-state index contributed by atoms with van der Waals surface area (Å²) in [6.07, 6.45) is 2.62. The Kier molecular flexibility index (Phi) is 17.0. The molecule has 11 heteroatoms. The molecule has 3 N–H and O–H groups in total. The largest absolute Gasteiger partial charge is 0.493 e. The van der Waals surface area contributed by atoms with E-state index in [-0.39, 0.29) is 43.2 Å². The topological polar surface area (TPSA) is 139 Å². The third-order valence-corrected chi connectivity index (χ3v) is 9.38. The first-order valence-corrected chi connectivity index (χ1v) is 17.5. The summed E-state index contributed by atoms with van der Waals surface area (Å²) in [6, 6.07) is 5.74. The lowest BCUT2D eigenvalue weighted by atomic mass is 9.80. The number of benzene rings is 1. The van der Waals surface area contributed by atoms with Crippen LogP contribution in [0.5, 0.6) is 11.5 Å². The van der Waals surface area contributed by atoms with Crippen LogP contribution >= 0.6 is 0 Å². The molecule has 3 amide bonds. The lowest BCUT2D eigenvalue weighted by molar-refractivity contribution is -0.130. The number of rotatable bonds is 21. The Bertz CT molecular complexity index is 1160. The molecule has 1 aromatic rings. The van der Waals surface area contributed by atoms with E-state index in [1.165, 1.54) is 0 Å². The second-order valence-corrected chi connectivity index (χ2v) is 14.8. The summed E-state index contributed by atoms with van der Waals surface area (Å²) in [5.74, 6) is 1.22. The minimum atomic E-state index is -0.874. The van der Waals surface area contributed by atoms with Gasteiger partial charge in [0.25, 0.3) is 0 Å². The number of carbonyl (C=O) groups excluding carboxylic acids is 3. The van der Waals surface area contributed by atoms with E-state index < -0.39 is 23.3 Å². The van der Waals surface area contributed by atoms with Gasteiger partial charge in [-0.2, -0.15) is 0 Å². The van der Waals surface area contributed by atoms with Crippen molar-refractivity contribution in [2.45, 2.75) is 99.6 Å². The molecule has 48 heavy (non-hydrogen) atoms. The number of carbonyl (C=O) groups is 3. The zero-order chi connectivity index (χ0) is 36.0. The fourth-order valence-electron chi connectivity index (χ4n) is 5.75. The highest BCUT2D eigenvalue weighted by atomic mass is 16.6. The van der Waals surface area contributed by atoms with Crippen LogP contribution in [0.25, 0.3) is 0 Å². The monoisotopic (exact) mass is 677 g/mol. The first kappa shape index (κ1) is 41.1. The van der Waals surface area contributed by atoms with Gasteiger partial charge in [-0.1, -0.05) is 47.6 Å². The Morgan fingerprint density at radius 2 is 1.71 bits per heavy atom. The summed E-state index contributed by atoms with van der Waals surface area (Å²) in [6.45, 7) is 17.7. The quantitative estimate of drug-likeness (QED) is 0.155. The van der Waals surface area contributed by atoms with E-state index in [9.17, 15) is 14.4 Å². The van der Waals surface area contributed by atoms with Gasteiger partial charge in [-0.05, 0) is 80.9 Å². The molecule has 2 rings (SSSR count). The van der Waals surface area contributed by atoms with Gasteiger partial charge in [0, 0.05) is 32.6 Å². The van der Waals surface area contributed by atoms with Gasteiger partial charge in [-0.25, -0.2) is 4.79 Å². The van der Waals surface area contributed by atoms with Gasteiger partial charge >= 0.3 is 6.09 Å². The standard InChI is InChI=1S/C37H63N3O8/c1-24(2)14-17-47-36(43)40-23-48-32(21-29(26(5)6)34(41)39-22-37(7,8)35(38)42)30(40)20-28(25(3)4)18-27-12-13-31(45-10)33(19-27)46-16-11-15-44-9/h12-13,19,24-26,28-30,32H,11,14-18,20-23H2,1-10H3,(H2,38,42)(H,39,41)/t28-,29+,30+,32+/m1/s1. The van der Waals surface area contributed by atoms with Crippen molar-refractivity contribution in [2.75, 3.05) is 47.3 Å². The Hall–Kier alpha value is -3.05. The zero-order valence-corrected chi connectivity index (χ0v) is 31.1. The average Bonchev–Trinajstić information content (AvgIpc) is 3.42. The van der Waals surface area contributed by atoms with Crippen LogP contribution in [0.3, 0.4) is 0 Å². The van der Waals surface area contributed by atoms with Crippen molar-refractivity contribution < 1.29 is 38.1 Å². The normalized spacial score (nSPS) is 17.9. The second-order valence-electron chi connectivity index (χ2n) is 14.8. The molecule has 0 spiro atoms. The number of nitrogens with two attached hydrogens (primary N) is 1. The van der Waals surface area contributed by atoms with E-state index in [2.05, 4.69) is 39.1 Å².